The summed E-state index contributed by atoms with van der Waals surface area (Å²) < 4.78 is 5.88. The van der Waals surface area contributed by atoms with E-state index in [1.165, 1.54) is 5.56 Å². The smallest absolute Gasteiger partial charge is 0.253 e. The molecule has 0 aromatic heterocycles. The van der Waals surface area contributed by atoms with E-state index in [1.807, 2.05) is 41.3 Å². The van der Waals surface area contributed by atoms with Gasteiger partial charge in [0.25, 0.3) is 5.91 Å². The van der Waals surface area contributed by atoms with Crippen molar-refractivity contribution in [2.45, 2.75) is 39.2 Å². The molecule has 1 heterocycles. The number of hydrogen-bond donors (Lipinski definition) is 1. The third kappa shape index (κ3) is 4.89. The van der Waals surface area contributed by atoms with Crippen LogP contribution in [0.1, 0.15) is 48.7 Å². The Labute approximate surface area is 162 Å². The van der Waals surface area contributed by atoms with E-state index in [-0.39, 0.29) is 11.3 Å². The monoisotopic (exact) mass is 366 g/mol. The lowest BCUT2D eigenvalue weighted by Gasteiger charge is -2.19. The lowest BCUT2D eigenvalue weighted by molar-refractivity contribution is 0.0787. The van der Waals surface area contributed by atoms with Crippen LogP contribution in [-0.2, 0) is 12.0 Å². The predicted octanol–water partition coefficient (Wildman–Crippen LogP) is 3.98. The number of amides is 1. The summed E-state index contributed by atoms with van der Waals surface area (Å²) in [7, 11) is 0. The van der Waals surface area contributed by atoms with Crippen LogP contribution in [0.4, 0.5) is 0 Å². The van der Waals surface area contributed by atoms with E-state index in [0.29, 0.717) is 19.1 Å². The minimum Gasteiger partial charge on any atom is -0.489 e. The summed E-state index contributed by atoms with van der Waals surface area (Å²) in [6, 6.07) is 16.0. The summed E-state index contributed by atoms with van der Waals surface area (Å²) in [5.74, 6) is 1.38. The average molecular weight is 367 g/mol. The fourth-order valence-electron chi connectivity index (χ4n) is 3.35. The third-order valence-electron chi connectivity index (χ3n) is 5.23. The maximum absolute atomic E-state index is 12.6. The number of ether oxygens (including phenoxy) is 1. The van der Waals surface area contributed by atoms with E-state index in [0.717, 1.165) is 36.4 Å². The molecular weight excluding hydrogens is 336 g/mol. The number of carbonyl (C=O) groups is 1. The molecule has 1 aliphatic rings. The molecule has 0 bridgehead atoms. The zero-order valence-corrected chi connectivity index (χ0v) is 16.6. The molecule has 144 valence electrons. The van der Waals surface area contributed by atoms with Crippen molar-refractivity contribution in [2.75, 3.05) is 19.6 Å². The van der Waals surface area contributed by atoms with Gasteiger partial charge in [-0.05, 0) is 59.7 Å². The summed E-state index contributed by atoms with van der Waals surface area (Å²) in [6.07, 6.45) is 1.00. The highest BCUT2D eigenvalue weighted by Gasteiger charge is 2.25. The highest BCUT2D eigenvalue weighted by atomic mass is 16.5. The lowest BCUT2D eigenvalue weighted by atomic mass is 9.87. The van der Waals surface area contributed by atoms with Crippen molar-refractivity contribution in [1.29, 1.82) is 0 Å². The Morgan fingerprint density at radius 2 is 1.78 bits per heavy atom. The first-order chi connectivity index (χ1) is 12.9. The van der Waals surface area contributed by atoms with E-state index in [1.54, 1.807) is 0 Å². The van der Waals surface area contributed by atoms with Crippen molar-refractivity contribution in [3.8, 4) is 5.75 Å². The third-order valence-corrected chi connectivity index (χ3v) is 5.23. The molecule has 1 aliphatic heterocycles. The summed E-state index contributed by atoms with van der Waals surface area (Å²) in [4.78, 5) is 14.5. The van der Waals surface area contributed by atoms with Gasteiger partial charge in [-0.2, -0.15) is 0 Å². The largest absolute Gasteiger partial charge is 0.489 e. The van der Waals surface area contributed by atoms with E-state index >= 15 is 0 Å². The molecule has 1 amide bonds. The van der Waals surface area contributed by atoms with Crippen molar-refractivity contribution >= 4 is 5.91 Å². The number of rotatable bonds is 5. The fraction of sp³-hybridized carbons (Fsp3) is 0.435. The van der Waals surface area contributed by atoms with Crippen LogP contribution in [0.3, 0.4) is 0 Å². The van der Waals surface area contributed by atoms with Crippen LogP contribution in [0, 0.1) is 5.92 Å². The second-order valence-electron chi connectivity index (χ2n) is 8.40. The Morgan fingerprint density at radius 1 is 1.11 bits per heavy atom. The molecule has 0 saturated carbocycles. The molecule has 1 unspecified atom stereocenters. The summed E-state index contributed by atoms with van der Waals surface area (Å²) in [5, 5.41) is 0. The van der Waals surface area contributed by atoms with Crippen LogP contribution in [0.25, 0.3) is 0 Å². The number of carbonyl (C=O) groups excluding carboxylic acids is 1. The van der Waals surface area contributed by atoms with Crippen LogP contribution < -0.4 is 10.5 Å². The van der Waals surface area contributed by atoms with Crippen LogP contribution >= 0.6 is 0 Å². The lowest BCUT2D eigenvalue weighted by Crippen LogP contribution is -2.29. The van der Waals surface area contributed by atoms with Gasteiger partial charge in [-0.25, -0.2) is 0 Å². The zero-order chi connectivity index (χ0) is 19.4. The highest BCUT2D eigenvalue weighted by Crippen LogP contribution is 2.24. The molecule has 1 fully saturated rings. The maximum Gasteiger partial charge on any atom is 0.253 e. The van der Waals surface area contributed by atoms with Gasteiger partial charge in [0, 0.05) is 18.7 Å². The van der Waals surface area contributed by atoms with Gasteiger partial charge in [-0.3, -0.25) is 4.79 Å². The number of nitrogens with zero attached hydrogens (tertiary/aromatic N) is 1. The van der Waals surface area contributed by atoms with Gasteiger partial charge in [-0.15, -0.1) is 0 Å². The molecule has 27 heavy (non-hydrogen) atoms. The first kappa shape index (κ1) is 19.4. The second-order valence-corrected chi connectivity index (χ2v) is 8.40. The van der Waals surface area contributed by atoms with Crippen molar-refractivity contribution in [3.63, 3.8) is 0 Å². The normalized spacial score (nSPS) is 17.2. The molecule has 2 aromatic carbocycles. The molecule has 0 spiro atoms. The average Bonchev–Trinajstić information content (AvgIpc) is 3.15. The Hall–Kier alpha value is -2.33. The fourth-order valence-corrected chi connectivity index (χ4v) is 3.35. The van der Waals surface area contributed by atoms with Gasteiger partial charge < -0.3 is 15.4 Å². The first-order valence-corrected chi connectivity index (χ1v) is 9.68. The quantitative estimate of drug-likeness (QED) is 0.871. The summed E-state index contributed by atoms with van der Waals surface area (Å²) >= 11 is 0. The number of benzene rings is 2. The number of likely N-dealkylation sites (tertiary alicyclic amines) is 1. The molecule has 2 N–H and O–H groups in total. The number of nitrogens with two attached hydrogens (primary N) is 1. The Balaban J connectivity index is 1.55. The second kappa shape index (κ2) is 8.13. The van der Waals surface area contributed by atoms with Gasteiger partial charge in [0.1, 0.15) is 12.4 Å². The molecule has 0 aliphatic carbocycles. The Kier molecular flexibility index (Phi) is 5.85. The Bertz CT molecular complexity index is 760. The molecule has 3 rings (SSSR count). The zero-order valence-electron chi connectivity index (χ0n) is 16.6. The van der Waals surface area contributed by atoms with E-state index in [2.05, 4.69) is 32.9 Å². The summed E-state index contributed by atoms with van der Waals surface area (Å²) in [6.45, 7) is 9.30. The minimum absolute atomic E-state index is 0.0937. The van der Waals surface area contributed by atoms with Crippen LogP contribution in [0.15, 0.2) is 48.5 Å². The van der Waals surface area contributed by atoms with Crippen molar-refractivity contribution < 1.29 is 9.53 Å². The maximum atomic E-state index is 12.6. The van der Waals surface area contributed by atoms with Gasteiger partial charge >= 0.3 is 0 Å². The SMILES string of the molecule is CC(C)(C)c1ccc(OCc2ccc(C(=O)N3CCC(CN)C3)cc2)cc1. The van der Waals surface area contributed by atoms with Crippen molar-refractivity contribution in [2.24, 2.45) is 11.7 Å². The minimum atomic E-state index is 0.0937. The van der Waals surface area contributed by atoms with Crippen LogP contribution in [-0.4, -0.2) is 30.4 Å². The Morgan fingerprint density at radius 3 is 2.33 bits per heavy atom. The number of hydrogen-bond acceptors (Lipinski definition) is 3. The standard InChI is InChI=1S/C23H30N2O2/c1-23(2,3)20-8-10-21(11-9-20)27-16-17-4-6-19(7-5-17)22(26)25-13-12-18(14-24)15-25/h4-11,18H,12-16,24H2,1-3H3. The first-order valence-electron chi connectivity index (χ1n) is 9.68. The highest BCUT2D eigenvalue weighted by molar-refractivity contribution is 5.94. The van der Waals surface area contributed by atoms with E-state index in [9.17, 15) is 4.79 Å². The molecule has 4 nitrogen and oxygen atoms in total. The van der Waals surface area contributed by atoms with E-state index in [4.69, 9.17) is 10.5 Å². The van der Waals surface area contributed by atoms with Crippen LogP contribution in [0.5, 0.6) is 5.75 Å². The van der Waals surface area contributed by atoms with Crippen LogP contribution in [0.2, 0.25) is 0 Å². The molecule has 4 heteroatoms. The van der Waals surface area contributed by atoms with Crippen molar-refractivity contribution in [1.82, 2.24) is 4.90 Å². The predicted molar refractivity (Wildman–Crippen MR) is 109 cm³/mol. The topological polar surface area (TPSA) is 55.6 Å². The van der Waals surface area contributed by atoms with E-state index < -0.39 is 0 Å². The molecular formula is C23H30N2O2. The van der Waals surface area contributed by atoms with Gasteiger partial charge in [0.15, 0.2) is 0 Å². The van der Waals surface area contributed by atoms with Crippen molar-refractivity contribution in [3.05, 3.63) is 65.2 Å². The van der Waals surface area contributed by atoms with Gasteiger partial charge in [0.2, 0.25) is 0 Å². The molecule has 2 aromatic rings. The summed E-state index contributed by atoms with van der Waals surface area (Å²) in [5.41, 5.74) is 8.92. The molecule has 1 atom stereocenters. The molecule has 1 saturated heterocycles. The van der Waals surface area contributed by atoms with Gasteiger partial charge in [-0.1, -0.05) is 45.0 Å². The molecule has 0 radical (unpaired) electrons. The van der Waals surface area contributed by atoms with Gasteiger partial charge in [0.05, 0.1) is 0 Å².